The molecule has 0 unspecified atom stereocenters. The van der Waals surface area contributed by atoms with E-state index in [1.165, 1.54) is 16.9 Å². The summed E-state index contributed by atoms with van der Waals surface area (Å²) in [4.78, 5) is 19.0. The van der Waals surface area contributed by atoms with Crippen LogP contribution in [0, 0.1) is 34.6 Å². The molecule has 3 aromatic heterocycles. The SMILES string of the molecule is CC(=O)N(c1nc(CSc2ccc(-n3nc(C)cc3C)nn2)cs1)c1c(C)cc(C)cc1C. The molecule has 0 radical (unpaired) electrons. The Morgan fingerprint density at radius 3 is 2.36 bits per heavy atom. The van der Waals surface area contributed by atoms with Crippen LogP contribution in [-0.4, -0.2) is 30.9 Å². The van der Waals surface area contributed by atoms with Gasteiger partial charge in [-0.2, -0.15) is 5.10 Å². The number of amides is 1. The van der Waals surface area contributed by atoms with Gasteiger partial charge in [0.25, 0.3) is 0 Å². The van der Waals surface area contributed by atoms with Crippen LogP contribution in [0.5, 0.6) is 0 Å². The Kier molecular flexibility index (Phi) is 6.62. The molecular weight excluding hydrogens is 452 g/mol. The molecule has 9 heteroatoms. The first kappa shape index (κ1) is 23.1. The van der Waals surface area contributed by atoms with E-state index in [9.17, 15) is 4.79 Å². The van der Waals surface area contributed by atoms with E-state index < -0.39 is 0 Å². The lowest BCUT2D eigenvalue weighted by atomic mass is 10.0. The van der Waals surface area contributed by atoms with Crippen molar-refractivity contribution in [1.29, 1.82) is 0 Å². The van der Waals surface area contributed by atoms with Gasteiger partial charge in [0.05, 0.1) is 17.1 Å². The molecule has 0 spiro atoms. The smallest absolute Gasteiger partial charge is 0.230 e. The van der Waals surface area contributed by atoms with Crippen LogP contribution in [0.3, 0.4) is 0 Å². The molecule has 3 heterocycles. The van der Waals surface area contributed by atoms with Gasteiger partial charge < -0.3 is 0 Å². The highest BCUT2D eigenvalue weighted by Crippen LogP contribution is 2.35. The van der Waals surface area contributed by atoms with Gasteiger partial charge in [-0.15, -0.1) is 21.5 Å². The van der Waals surface area contributed by atoms with Crippen molar-refractivity contribution in [2.75, 3.05) is 4.90 Å². The van der Waals surface area contributed by atoms with Crippen LogP contribution < -0.4 is 4.90 Å². The van der Waals surface area contributed by atoms with Gasteiger partial charge in [0, 0.05) is 23.8 Å². The molecule has 0 fully saturated rings. The van der Waals surface area contributed by atoms with E-state index in [0.717, 1.165) is 38.9 Å². The van der Waals surface area contributed by atoms with Crippen molar-refractivity contribution < 1.29 is 4.79 Å². The van der Waals surface area contributed by atoms with Crippen molar-refractivity contribution in [3.8, 4) is 5.82 Å². The van der Waals surface area contributed by atoms with Crippen molar-refractivity contribution >= 4 is 39.8 Å². The standard InChI is InChI=1S/C24H26N6OS2/c1-14-9-15(2)23(16(3)10-14)29(19(6)31)24-25-20(13-33-24)12-32-22-8-7-21(26-27-22)30-18(5)11-17(4)28-30/h7-11,13H,12H2,1-6H3. The predicted molar refractivity (Wildman–Crippen MR) is 134 cm³/mol. The molecule has 0 aliphatic carbocycles. The Hall–Kier alpha value is -3.04. The summed E-state index contributed by atoms with van der Waals surface area (Å²) in [7, 11) is 0. The van der Waals surface area contributed by atoms with E-state index in [4.69, 9.17) is 4.98 Å². The molecule has 0 saturated carbocycles. The molecular formula is C24H26N6OS2. The molecule has 1 amide bonds. The van der Waals surface area contributed by atoms with E-state index in [0.29, 0.717) is 16.7 Å². The Morgan fingerprint density at radius 1 is 1.06 bits per heavy atom. The molecule has 4 aromatic rings. The zero-order chi connectivity index (χ0) is 23.7. The summed E-state index contributed by atoms with van der Waals surface area (Å²) in [6.45, 7) is 11.7. The number of benzene rings is 1. The number of anilines is 2. The van der Waals surface area contributed by atoms with Crippen molar-refractivity contribution in [3.05, 3.63) is 69.5 Å². The maximum absolute atomic E-state index is 12.6. The minimum Gasteiger partial charge on any atom is -0.274 e. The van der Waals surface area contributed by atoms with E-state index >= 15 is 0 Å². The molecule has 0 aliphatic rings. The monoisotopic (exact) mass is 478 g/mol. The predicted octanol–water partition coefficient (Wildman–Crippen LogP) is 5.64. The van der Waals surface area contributed by atoms with Crippen LogP contribution in [0.1, 0.15) is 40.7 Å². The van der Waals surface area contributed by atoms with Gasteiger partial charge in [0.15, 0.2) is 10.9 Å². The fourth-order valence-corrected chi connectivity index (χ4v) is 5.57. The third-order valence-electron chi connectivity index (χ3n) is 5.13. The minimum atomic E-state index is -0.0517. The summed E-state index contributed by atoms with van der Waals surface area (Å²) < 4.78 is 1.79. The summed E-state index contributed by atoms with van der Waals surface area (Å²) in [6, 6.07) is 10.1. The number of nitrogens with zero attached hydrogens (tertiary/aromatic N) is 6. The molecule has 7 nitrogen and oxygen atoms in total. The summed E-state index contributed by atoms with van der Waals surface area (Å²) in [5.74, 6) is 1.29. The third-order valence-corrected chi connectivity index (χ3v) is 6.95. The van der Waals surface area contributed by atoms with E-state index in [1.807, 2.05) is 51.3 Å². The Morgan fingerprint density at radius 2 is 1.79 bits per heavy atom. The molecule has 33 heavy (non-hydrogen) atoms. The minimum absolute atomic E-state index is 0.0517. The van der Waals surface area contributed by atoms with E-state index in [-0.39, 0.29) is 5.91 Å². The van der Waals surface area contributed by atoms with Gasteiger partial charge >= 0.3 is 0 Å². The fourth-order valence-electron chi connectivity index (χ4n) is 3.89. The number of hydrogen-bond donors (Lipinski definition) is 0. The van der Waals surface area contributed by atoms with Crippen molar-refractivity contribution in [2.24, 2.45) is 0 Å². The second-order valence-corrected chi connectivity index (χ2v) is 9.91. The zero-order valence-electron chi connectivity index (χ0n) is 19.6. The van der Waals surface area contributed by atoms with Gasteiger partial charge in [-0.25, -0.2) is 9.67 Å². The molecule has 0 N–H and O–H groups in total. The second kappa shape index (κ2) is 9.44. The number of rotatable bonds is 6. The highest BCUT2D eigenvalue weighted by molar-refractivity contribution is 7.98. The summed E-state index contributed by atoms with van der Waals surface area (Å²) in [5.41, 5.74) is 7.08. The molecule has 0 saturated heterocycles. The van der Waals surface area contributed by atoms with Crippen LogP contribution in [0.4, 0.5) is 10.8 Å². The Balaban J connectivity index is 1.49. The number of thiazole rings is 1. The lowest BCUT2D eigenvalue weighted by molar-refractivity contribution is -0.115. The highest BCUT2D eigenvalue weighted by Gasteiger charge is 2.22. The maximum atomic E-state index is 12.6. The van der Waals surface area contributed by atoms with Gasteiger partial charge in [-0.05, 0) is 63.9 Å². The Labute approximate surface area is 201 Å². The van der Waals surface area contributed by atoms with E-state index in [2.05, 4.69) is 34.4 Å². The summed E-state index contributed by atoms with van der Waals surface area (Å²) >= 11 is 3.04. The normalized spacial score (nSPS) is 11.1. The summed E-state index contributed by atoms with van der Waals surface area (Å²) in [6.07, 6.45) is 0. The van der Waals surface area contributed by atoms with Gasteiger partial charge in [-0.1, -0.05) is 29.5 Å². The number of aromatic nitrogens is 5. The average Bonchev–Trinajstić information content (AvgIpc) is 3.34. The van der Waals surface area contributed by atoms with Crippen LogP contribution in [0.15, 0.2) is 40.7 Å². The first-order valence-corrected chi connectivity index (χ1v) is 12.4. The van der Waals surface area contributed by atoms with Gasteiger partial charge in [0.1, 0.15) is 5.03 Å². The lowest BCUT2D eigenvalue weighted by Crippen LogP contribution is -2.24. The molecule has 0 bridgehead atoms. The topological polar surface area (TPSA) is 76.8 Å². The third kappa shape index (κ3) is 4.99. The number of carbonyl (C=O) groups is 1. The van der Waals surface area contributed by atoms with Crippen molar-refractivity contribution in [1.82, 2.24) is 25.0 Å². The van der Waals surface area contributed by atoms with Gasteiger partial charge in [0.2, 0.25) is 5.91 Å². The fraction of sp³-hybridized carbons (Fsp3) is 0.292. The van der Waals surface area contributed by atoms with Crippen LogP contribution >= 0.6 is 23.1 Å². The van der Waals surface area contributed by atoms with Crippen molar-refractivity contribution in [3.63, 3.8) is 0 Å². The zero-order valence-corrected chi connectivity index (χ0v) is 21.2. The molecule has 170 valence electrons. The molecule has 0 atom stereocenters. The van der Waals surface area contributed by atoms with Crippen LogP contribution in [-0.2, 0) is 10.5 Å². The summed E-state index contributed by atoms with van der Waals surface area (Å²) in [5, 5.41) is 16.6. The second-order valence-electron chi connectivity index (χ2n) is 8.08. The quantitative estimate of drug-likeness (QED) is 0.334. The highest BCUT2D eigenvalue weighted by atomic mass is 32.2. The van der Waals surface area contributed by atoms with E-state index in [1.54, 1.807) is 28.3 Å². The largest absolute Gasteiger partial charge is 0.274 e. The molecule has 0 aliphatic heterocycles. The first-order valence-electron chi connectivity index (χ1n) is 10.6. The average molecular weight is 479 g/mol. The number of thioether (sulfide) groups is 1. The maximum Gasteiger partial charge on any atom is 0.230 e. The van der Waals surface area contributed by atoms with Crippen molar-refractivity contribution in [2.45, 2.75) is 52.3 Å². The first-order chi connectivity index (χ1) is 15.7. The number of aryl methyl sites for hydroxylation is 5. The lowest BCUT2D eigenvalue weighted by Gasteiger charge is -2.23. The Bertz CT molecular complexity index is 1290. The molecule has 4 rings (SSSR count). The molecule has 1 aromatic carbocycles. The number of hydrogen-bond acceptors (Lipinski definition) is 7. The van der Waals surface area contributed by atoms with Gasteiger partial charge in [-0.3, -0.25) is 9.69 Å². The van der Waals surface area contributed by atoms with Crippen LogP contribution in [0.25, 0.3) is 5.82 Å². The van der Waals surface area contributed by atoms with Crippen LogP contribution in [0.2, 0.25) is 0 Å². The number of carbonyl (C=O) groups excluding carboxylic acids is 1.